The lowest BCUT2D eigenvalue weighted by atomic mass is 9.98. The number of hydrogen-bond acceptors (Lipinski definition) is 8. The van der Waals surface area contributed by atoms with E-state index in [1.807, 2.05) is 47.9 Å². The van der Waals surface area contributed by atoms with Gasteiger partial charge >= 0.3 is 0 Å². The minimum Gasteiger partial charge on any atom is -0.481 e. The number of nitrogens with one attached hydrogen (secondary N) is 1. The van der Waals surface area contributed by atoms with E-state index in [1.165, 1.54) is 6.20 Å². The van der Waals surface area contributed by atoms with Crippen LogP contribution in [0.2, 0.25) is 0 Å². The maximum Gasteiger partial charge on any atom is 0.259 e. The number of anilines is 2. The average molecular weight is 454 g/mol. The van der Waals surface area contributed by atoms with Gasteiger partial charge in [-0.15, -0.1) is 0 Å². The van der Waals surface area contributed by atoms with Crippen LogP contribution in [0.25, 0.3) is 21.9 Å². The van der Waals surface area contributed by atoms with Crippen molar-refractivity contribution >= 4 is 22.5 Å². The third-order valence-corrected chi connectivity index (χ3v) is 6.00. The van der Waals surface area contributed by atoms with Crippen molar-refractivity contribution in [1.29, 1.82) is 5.26 Å². The molecule has 0 spiro atoms. The summed E-state index contributed by atoms with van der Waals surface area (Å²) in [4.78, 5) is 26.2. The molecule has 0 amide bonds. The summed E-state index contributed by atoms with van der Waals surface area (Å²) < 4.78 is 7.15. The molecule has 34 heavy (non-hydrogen) atoms. The molecule has 4 aromatic rings. The Morgan fingerprint density at radius 3 is 2.82 bits per heavy atom. The predicted octanol–water partition coefficient (Wildman–Crippen LogP) is 3.82. The predicted molar refractivity (Wildman–Crippen MR) is 129 cm³/mol. The molecule has 1 atom stereocenters. The molecule has 5 rings (SSSR count). The fourth-order valence-electron chi connectivity index (χ4n) is 4.23. The van der Waals surface area contributed by atoms with Gasteiger partial charge in [0.2, 0.25) is 11.8 Å². The topological polar surface area (TPSA) is 132 Å². The quantitative estimate of drug-likeness (QED) is 0.450. The number of nitrogens with two attached hydrogens (primary N) is 1. The summed E-state index contributed by atoms with van der Waals surface area (Å²) in [5.41, 5.74) is 8.50. The van der Waals surface area contributed by atoms with E-state index in [4.69, 9.17) is 10.5 Å². The number of benzene rings is 1. The number of rotatable bonds is 6. The monoisotopic (exact) mass is 453 g/mol. The summed E-state index contributed by atoms with van der Waals surface area (Å²) in [6.45, 7) is 1.94. The zero-order chi connectivity index (χ0) is 23.8. The second-order valence-electron chi connectivity index (χ2n) is 8.30. The fourth-order valence-corrected chi connectivity index (χ4v) is 4.23. The van der Waals surface area contributed by atoms with Crippen molar-refractivity contribution < 1.29 is 4.74 Å². The van der Waals surface area contributed by atoms with Gasteiger partial charge in [-0.1, -0.05) is 18.2 Å². The molecule has 1 aliphatic rings. The first-order valence-electron chi connectivity index (χ1n) is 11.0. The molecule has 0 radical (unpaired) electrons. The zero-order valence-corrected chi connectivity index (χ0v) is 18.8. The number of nitriles is 1. The van der Waals surface area contributed by atoms with Gasteiger partial charge in [0.1, 0.15) is 17.5 Å². The molecule has 0 saturated heterocycles. The lowest BCUT2D eigenvalue weighted by molar-refractivity contribution is 0.398. The Morgan fingerprint density at radius 2 is 2.09 bits per heavy atom. The Balaban J connectivity index is 1.66. The van der Waals surface area contributed by atoms with E-state index in [2.05, 4.69) is 26.3 Å². The summed E-state index contributed by atoms with van der Waals surface area (Å²) in [5.74, 6) is 0.906. The second-order valence-corrected chi connectivity index (χ2v) is 8.30. The molecular weight excluding hydrogens is 430 g/mol. The van der Waals surface area contributed by atoms with E-state index in [9.17, 15) is 10.1 Å². The molecule has 170 valence electrons. The van der Waals surface area contributed by atoms with Crippen molar-refractivity contribution in [2.45, 2.75) is 31.8 Å². The van der Waals surface area contributed by atoms with Gasteiger partial charge in [0.15, 0.2) is 0 Å². The standard InChI is InChI=1S/C25H23N7O2/c1-14(30-23-17(12-26)13-29-25(27)31-23)20-10-16-4-3-5-19(15-8-9-28-21(11-15)34-2)22(16)24(33)32(20)18-6-7-18/h3-5,8-11,13-14,18H,6-7H2,1-2H3,(H3,27,29,30,31). The SMILES string of the molecule is COc1cc(-c2cccc3cc(C(C)Nc4nc(N)ncc4C#N)n(C4CC4)c(=O)c23)ccn1. The molecule has 9 nitrogen and oxygen atoms in total. The maximum absolute atomic E-state index is 13.9. The van der Waals surface area contributed by atoms with E-state index in [-0.39, 0.29) is 29.2 Å². The van der Waals surface area contributed by atoms with Gasteiger partial charge < -0.3 is 20.4 Å². The van der Waals surface area contributed by atoms with Crippen molar-refractivity contribution in [2.24, 2.45) is 0 Å². The highest BCUT2D eigenvalue weighted by Gasteiger charge is 2.30. The van der Waals surface area contributed by atoms with Gasteiger partial charge in [0.05, 0.1) is 24.7 Å². The molecule has 1 aromatic carbocycles. The van der Waals surface area contributed by atoms with Crippen LogP contribution in [-0.4, -0.2) is 26.6 Å². The van der Waals surface area contributed by atoms with Crippen molar-refractivity contribution in [2.75, 3.05) is 18.2 Å². The lowest BCUT2D eigenvalue weighted by Crippen LogP contribution is -2.26. The number of hydrogen-bond donors (Lipinski definition) is 2. The summed E-state index contributed by atoms with van der Waals surface area (Å²) in [6.07, 6.45) is 4.95. The largest absolute Gasteiger partial charge is 0.481 e. The number of nitrogen functional groups attached to an aromatic ring is 1. The minimum absolute atomic E-state index is 0.0438. The third-order valence-electron chi connectivity index (χ3n) is 6.00. The first-order chi connectivity index (χ1) is 16.5. The van der Waals surface area contributed by atoms with Crippen molar-refractivity contribution in [3.8, 4) is 23.1 Å². The highest BCUT2D eigenvalue weighted by Crippen LogP contribution is 2.38. The number of ether oxygens (including phenoxy) is 1. The van der Waals surface area contributed by atoms with Crippen LogP contribution in [0.15, 0.2) is 53.6 Å². The molecule has 1 unspecified atom stereocenters. The van der Waals surface area contributed by atoms with Gasteiger partial charge in [-0.05, 0) is 48.4 Å². The highest BCUT2D eigenvalue weighted by molar-refractivity contribution is 5.96. The molecule has 3 heterocycles. The number of fused-ring (bicyclic) bond motifs is 1. The molecule has 1 aliphatic carbocycles. The molecule has 9 heteroatoms. The Labute approximate surface area is 195 Å². The van der Waals surface area contributed by atoms with Crippen LogP contribution >= 0.6 is 0 Å². The molecule has 1 saturated carbocycles. The van der Waals surface area contributed by atoms with E-state index >= 15 is 0 Å². The van der Waals surface area contributed by atoms with Gasteiger partial charge in [-0.25, -0.2) is 9.97 Å². The van der Waals surface area contributed by atoms with Gasteiger partial charge in [0, 0.05) is 24.0 Å². The third kappa shape index (κ3) is 3.79. The van der Waals surface area contributed by atoms with Crippen LogP contribution < -0.4 is 21.3 Å². The van der Waals surface area contributed by atoms with Crippen LogP contribution in [0, 0.1) is 11.3 Å². The van der Waals surface area contributed by atoms with Crippen LogP contribution in [0.5, 0.6) is 5.88 Å². The van der Waals surface area contributed by atoms with Gasteiger partial charge in [-0.2, -0.15) is 10.2 Å². The summed E-state index contributed by atoms with van der Waals surface area (Å²) in [7, 11) is 1.57. The van der Waals surface area contributed by atoms with Crippen LogP contribution in [-0.2, 0) is 0 Å². The first kappa shape index (κ1) is 21.4. The highest BCUT2D eigenvalue weighted by atomic mass is 16.5. The lowest BCUT2D eigenvalue weighted by Gasteiger charge is -2.22. The summed E-state index contributed by atoms with van der Waals surface area (Å²) in [6, 6.07) is 13.5. The molecule has 1 fully saturated rings. The molecule has 3 aromatic heterocycles. The fraction of sp³-hybridized carbons (Fsp3) is 0.240. The van der Waals surface area contributed by atoms with Gasteiger partial charge in [-0.3, -0.25) is 4.79 Å². The number of methoxy groups -OCH3 is 1. The summed E-state index contributed by atoms with van der Waals surface area (Å²) in [5, 5.41) is 14.2. The molecular formula is C25H23N7O2. The molecule has 0 aliphatic heterocycles. The zero-order valence-electron chi connectivity index (χ0n) is 18.8. The van der Waals surface area contributed by atoms with E-state index in [1.54, 1.807) is 13.3 Å². The normalized spacial score (nSPS) is 13.9. The smallest absolute Gasteiger partial charge is 0.259 e. The molecule has 3 N–H and O–H groups in total. The Hall–Kier alpha value is -4.45. The van der Waals surface area contributed by atoms with Crippen molar-refractivity contribution in [3.05, 3.63) is 70.4 Å². The average Bonchev–Trinajstić information content (AvgIpc) is 3.69. The van der Waals surface area contributed by atoms with Crippen LogP contribution in [0.3, 0.4) is 0 Å². The molecule has 0 bridgehead atoms. The minimum atomic E-state index is -0.302. The van der Waals surface area contributed by atoms with Crippen LogP contribution in [0.1, 0.15) is 43.1 Å². The van der Waals surface area contributed by atoms with E-state index in [0.29, 0.717) is 17.1 Å². The van der Waals surface area contributed by atoms with E-state index in [0.717, 1.165) is 35.0 Å². The number of nitrogens with zero attached hydrogens (tertiary/aromatic N) is 5. The Kier molecular flexibility index (Phi) is 5.34. The Bertz CT molecular complexity index is 1500. The first-order valence-corrected chi connectivity index (χ1v) is 11.0. The number of aromatic nitrogens is 4. The summed E-state index contributed by atoms with van der Waals surface area (Å²) >= 11 is 0. The van der Waals surface area contributed by atoms with Gasteiger partial charge in [0.25, 0.3) is 5.56 Å². The van der Waals surface area contributed by atoms with Crippen molar-refractivity contribution in [3.63, 3.8) is 0 Å². The number of pyridine rings is 2. The van der Waals surface area contributed by atoms with Crippen LogP contribution in [0.4, 0.5) is 11.8 Å². The van der Waals surface area contributed by atoms with Crippen molar-refractivity contribution in [1.82, 2.24) is 19.5 Å². The maximum atomic E-state index is 13.9. The van der Waals surface area contributed by atoms with E-state index < -0.39 is 0 Å². The second kappa shape index (κ2) is 8.48. The Morgan fingerprint density at radius 1 is 1.26 bits per heavy atom.